The Bertz CT molecular complexity index is 498. The number of nitrogens with one attached hydrogen (secondary N) is 1. The average Bonchev–Trinajstić information content (AvgIpc) is 2.85. The highest BCUT2D eigenvalue weighted by Crippen LogP contribution is 2.53. The van der Waals surface area contributed by atoms with Crippen molar-refractivity contribution in [1.29, 1.82) is 0 Å². The summed E-state index contributed by atoms with van der Waals surface area (Å²) >= 11 is 0. The van der Waals surface area contributed by atoms with Crippen LogP contribution in [0.4, 0.5) is 5.69 Å². The van der Waals surface area contributed by atoms with Gasteiger partial charge in [-0.3, -0.25) is 0 Å². The fourth-order valence-electron chi connectivity index (χ4n) is 3.84. The lowest BCUT2D eigenvalue weighted by atomic mass is 9.57. The van der Waals surface area contributed by atoms with Crippen LogP contribution in [0, 0.1) is 18.3 Å². The highest BCUT2D eigenvalue weighted by atomic mass is 16.5. The van der Waals surface area contributed by atoms with Crippen LogP contribution in [0.15, 0.2) is 18.2 Å². The first kappa shape index (κ1) is 13.7. The van der Waals surface area contributed by atoms with Gasteiger partial charge in [-0.15, -0.1) is 0 Å². The normalized spacial score (nSPS) is 30.5. The molecule has 1 heterocycles. The van der Waals surface area contributed by atoms with Crippen molar-refractivity contribution in [2.75, 3.05) is 18.5 Å². The molecule has 2 fully saturated rings. The Hall–Kier alpha value is -1.22. The minimum atomic E-state index is 0.214. The molecule has 3 rings (SSSR count). The molecule has 3 nitrogen and oxygen atoms in total. The molecule has 0 amide bonds. The first-order valence-electron chi connectivity index (χ1n) is 7.65. The van der Waals surface area contributed by atoms with Gasteiger partial charge in [-0.1, -0.05) is 13.8 Å². The van der Waals surface area contributed by atoms with Gasteiger partial charge >= 0.3 is 0 Å². The van der Waals surface area contributed by atoms with Gasteiger partial charge in [0.25, 0.3) is 0 Å². The molecule has 0 bridgehead atoms. The topological polar surface area (TPSA) is 30.5 Å². The van der Waals surface area contributed by atoms with Crippen LogP contribution in [-0.4, -0.2) is 25.4 Å². The quantitative estimate of drug-likeness (QED) is 0.910. The van der Waals surface area contributed by atoms with Crippen LogP contribution in [0.25, 0.3) is 0 Å². The Morgan fingerprint density at radius 3 is 2.90 bits per heavy atom. The van der Waals surface area contributed by atoms with E-state index in [1.807, 2.05) is 13.0 Å². The van der Waals surface area contributed by atoms with Gasteiger partial charge in [-0.05, 0) is 44.0 Å². The molecule has 3 heteroatoms. The summed E-state index contributed by atoms with van der Waals surface area (Å²) in [4.78, 5) is 0. The molecule has 20 heavy (non-hydrogen) atoms. The molecule has 1 saturated carbocycles. The maximum atomic E-state index is 5.86. The van der Waals surface area contributed by atoms with Crippen molar-refractivity contribution in [3.8, 4) is 5.75 Å². The standard InChI is InChI=1S/C17H25NO2/c1-5-19-12-6-7-14(11(2)10-12)18-15-13-8-9-20-16(13)17(15,3)4/h6-7,10,13,15-16,18H,5,8-9H2,1-4H3. The van der Waals surface area contributed by atoms with Gasteiger partial charge in [-0.2, -0.15) is 0 Å². The van der Waals surface area contributed by atoms with E-state index in [1.54, 1.807) is 0 Å². The molecule has 110 valence electrons. The van der Waals surface area contributed by atoms with Gasteiger partial charge in [0.1, 0.15) is 5.75 Å². The lowest BCUT2D eigenvalue weighted by molar-refractivity contribution is -0.0923. The van der Waals surface area contributed by atoms with E-state index in [2.05, 4.69) is 38.2 Å². The number of benzene rings is 1. The summed E-state index contributed by atoms with van der Waals surface area (Å²) < 4.78 is 11.4. The Labute approximate surface area is 121 Å². The second kappa shape index (κ2) is 4.96. The molecule has 1 aliphatic heterocycles. The summed E-state index contributed by atoms with van der Waals surface area (Å²) in [6.45, 7) is 10.4. The third-order valence-electron chi connectivity index (χ3n) is 4.92. The van der Waals surface area contributed by atoms with Gasteiger partial charge in [0.15, 0.2) is 0 Å². The number of hydrogen-bond donors (Lipinski definition) is 1. The van der Waals surface area contributed by atoms with Crippen LogP contribution in [0.3, 0.4) is 0 Å². The molecule has 3 unspecified atom stereocenters. The van der Waals surface area contributed by atoms with Gasteiger partial charge in [0.05, 0.1) is 12.7 Å². The molecule has 0 aromatic heterocycles. The predicted octanol–water partition coefficient (Wildman–Crippen LogP) is 3.62. The summed E-state index contributed by atoms with van der Waals surface area (Å²) in [6.07, 6.45) is 1.62. The van der Waals surface area contributed by atoms with E-state index < -0.39 is 0 Å². The van der Waals surface area contributed by atoms with Crippen molar-refractivity contribution in [2.45, 2.75) is 46.3 Å². The van der Waals surface area contributed by atoms with Gasteiger partial charge in [0.2, 0.25) is 0 Å². The molecular formula is C17H25NO2. The van der Waals surface area contributed by atoms with Crippen molar-refractivity contribution in [3.05, 3.63) is 23.8 Å². The first-order chi connectivity index (χ1) is 9.54. The fraction of sp³-hybridized carbons (Fsp3) is 0.647. The summed E-state index contributed by atoms with van der Waals surface area (Å²) in [5, 5.41) is 3.74. The monoisotopic (exact) mass is 275 g/mol. The van der Waals surface area contributed by atoms with E-state index in [0.717, 1.165) is 12.4 Å². The van der Waals surface area contributed by atoms with Crippen LogP contribution in [0.5, 0.6) is 5.75 Å². The maximum absolute atomic E-state index is 5.86. The van der Waals surface area contributed by atoms with E-state index in [9.17, 15) is 0 Å². The zero-order valence-corrected chi connectivity index (χ0v) is 12.9. The van der Waals surface area contributed by atoms with Crippen LogP contribution in [0.1, 0.15) is 32.8 Å². The number of hydrogen-bond acceptors (Lipinski definition) is 3. The van der Waals surface area contributed by atoms with Gasteiger partial charge < -0.3 is 14.8 Å². The zero-order valence-electron chi connectivity index (χ0n) is 12.9. The fourth-order valence-corrected chi connectivity index (χ4v) is 3.84. The summed E-state index contributed by atoms with van der Waals surface area (Å²) in [5.41, 5.74) is 2.68. The molecule has 1 aromatic rings. The third kappa shape index (κ3) is 2.08. The smallest absolute Gasteiger partial charge is 0.119 e. The SMILES string of the molecule is CCOc1ccc(NC2C3CCOC3C2(C)C)c(C)c1. The zero-order chi connectivity index (χ0) is 14.3. The van der Waals surface area contributed by atoms with E-state index in [-0.39, 0.29) is 5.41 Å². The number of fused-ring (bicyclic) bond motifs is 1. The van der Waals surface area contributed by atoms with Crippen molar-refractivity contribution in [3.63, 3.8) is 0 Å². The minimum Gasteiger partial charge on any atom is -0.494 e. The largest absolute Gasteiger partial charge is 0.494 e. The Morgan fingerprint density at radius 1 is 1.40 bits per heavy atom. The molecule has 1 saturated heterocycles. The van der Waals surface area contributed by atoms with Crippen LogP contribution >= 0.6 is 0 Å². The maximum Gasteiger partial charge on any atom is 0.119 e. The van der Waals surface area contributed by atoms with Crippen LogP contribution in [0.2, 0.25) is 0 Å². The predicted molar refractivity (Wildman–Crippen MR) is 81.4 cm³/mol. The van der Waals surface area contributed by atoms with Crippen molar-refractivity contribution in [2.24, 2.45) is 11.3 Å². The number of anilines is 1. The molecule has 3 atom stereocenters. The summed E-state index contributed by atoms with van der Waals surface area (Å²) in [5.74, 6) is 1.61. The second-order valence-electron chi connectivity index (χ2n) is 6.60. The molecule has 1 aromatic carbocycles. The van der Waals surface area contributed by atoms with E-state index in [1.165, 1.54) is 17.7 Å². The average molecular weight is 275 g/mol. The lowest BCUT2D eigenvalue weighted by Crippen LogP contribution is -2.63. The van der Waals surface area contributed by atoms with Crippen molar-refractivity contribution < 1.29 is 9.47 Å². The Kier molecular flexibility index (Phi) is 3.41. The van der Waals surface area contributed by atoms with E-state index in [4.69, 9.17) is 9.47 Å². The molecule has 0 spiro atoms. The second-order valence-corrected chi connectivity index (χ2v) is 6.60. The van der Waals surface area contributed by atoms with Gasteiger partial charge in [-0.25, -0.2) is 0 Å². The molecule has 2 aliphatic rings. The Morgan fingerprint density at radius 2 is 2.20 bits per heavy atom. The summed E-state index contributed by atoms with van der Waals surface area (Å²) in [7, 11) is 0. The molecular weight excluding hydrogens is 250 g/mol. The van der Waals surface area contributed by atoms with Crippen molar-refractivity contribution in [1.82, 2.24) is 0 Å². The lowest BCUT2D eigenvalue weighted by Gasteiger charge is -2.55. The number of rotatable bonds is 4. The number of aryl methyl sites for hydroxylation is 1. The Balaban J connectivity index is 1.75. The van der Waals surface area contributed by atoms with Crippen LogP contribution < -0.4 is 10.1 Å². The van der Waals surface area contributed by atoms with Crippen LogP contribution in [-0.2, 0) is 4.74 Å². The van der Waals surface area contributed by atoms with Crippen molar-refractivity contribution >= 4 is 5.69 Å². The number of ether oxygens (including phenoxy) is 2. The first-order valence-corrected chi connectivity index (χ1v) is 7.65. The molecule has 1 aliphatic carbocycles. The van der Waals surface area contributed by atoms with E-state index in [0.29, 0.717) is 24.7 Å². The highest BCUT2D eigenvalue weighted by molar-refractivity contribution is 5.55. The van der Waals surface area contributed by atoms with E-state index >= 15 is 0 Å². The summed E-state index contributed by atoms with van der Waals surface area (Å²) in [6, 6.07) is 6.80. The third-order valence-corrected chi connectivity index (χ3v) is 4.92. The molecule has 1 N–H and O–H groups in total. The molecule has 0 radical (unpaired) electrons. The minimum absolute atomic E-state index is 0.214. The highest BCUT2D eigenvalue weighted by Gasteiger charge is 2.59. The van der Waals surface area contributed by atoms with Gasteiger partial charge in [0, 0.05) is 29.7 Å².